The third kappa shape index (κ3) is 7.90. The van der Waals surface area contributed by atoms with Gasteiger partial charge in [0, 0.05) is 6.07 Å². The summed E-state index contributed by atoms with van der Waals surface area (Å²) < 4.78 is 94.0. The zero-order valence-corrected chi connectivity index (χ0v) is 23.7. The quantitative estimate of drug-likeness (QED) is 0.0628. The summed E-state index contributed by atoms with van der Waals surface area (Å²) >= 11 is 0. The van der Waals surface area contributed by atoms with Gasteiger partial charge in [-0.1, -0.05) is 105 Å². The van der Waals surface area contributed by atoms with Gasteiger partial charge in [-0.25, -0.2) is 22.0 Å². The fraction of sp³-hybridized carbons (Fsp3) is 0.655. The van der Waals surface area contributed by atoms with Gasteiger partial charge in [0.05, 0.1) is 10.8 Å². The van der Waals surface area contributed by atoms with Crippen molar-refractivity contribution in [2.24, 2.45) is 0 Å². The summed E-state index contributed by atoms with van der Waals surface area (Å²) in [7, 11) is -2.94. The van der Waals surface area contributed by atoms with Crippen molar-refractivity contribution in [3.8, 4) is 5.75 Å². The summed E-state index contributed by atoms with van der Waals surface area (Å²) in [5.74, 6) is -11.2. The van der Waals surface area contributed by atoms with E-state index >= 15 is 4.39 Å². The van der Waals surface area contributed by atoms with E-state index < -0.39 is 59.7 Å². The van der Waals surface area contributed by atoms with E-state index in [2.05, 4.69) is 13.8 Å². The molecule has 0 aliphatic rings. The van der Waals surface area contributed by atoms with Gasteiger partial charge in [-0.2, -0.15) is 4.39 Å². The van der Waals surface area contributed by atoms with Crippen molar-refractivity contribution in [1.82, 2.24) is 0 Å². The Labute approximate surface area is 219 Å². The molecule has 0 bridgehead atoms. The molecule has 0 fully saturated rings. The molecule has 0 radical (unpaired) electrons. The van der Waals surface area contributed by atoms with E-state index in [9.17, 15) is 22.0 Å². The Hall–Kier alpha value is -1.70. The second-order valence-corrected chi connectivity index (χ2v) is 15.0. The molecule has 37 heavy (non-hydrogen) atoms. The smallest absolute Gasteiger partial charge is 0.253 e. The minimum atomic E-state index is -2.94. The normalized spacial score (nSPS) is 12.2. The summed E-state index contributed by atoms with van der Waals surface area (Å²) in [6.07, 6.45) is 12.3. The molecule has 1 nitrogen and oxygen atoms in total. The standard InChI is InChI=1S/C29H42F6OSi/c1-5-7-9-11-13-15-17-37(20(3)4,18-16-14-12-10-8-6-2)36-29-24-23(26(33)27(34)28(29)35)21(30)19-22(31)25(24)32/h19-20H,5-18H2,1-4H3. The molecule has 0 aliphatic carbocycles. The second-order valence-electron chi connectivity index (χ2n) is 10.5. The summed E-state index contributed by atoms with van der Waals surface area (Å²) in [5.41, 5.74) is -0.0668. The molecule has 0 atom stereocenters. The molecule has 0 saturated heterocycles. The number of hydrogen-bond donors (Lipinski definition) is 0. The molecule has 2 aromatic carbocycles. The number of rotatable bonds is 17. The van der Waals surface area contributed by atoms with E-state index in [0.29, 0.717) is 12.1 Å². The van der Waals surface area contributed by atoms with Gasteiger partial charge in [-0.15, -0.1) is 0 Å². The molecule has 8 heteroatoms. The van der Waals surface area contributed by atoms with Gasteiger partial charge in [0.15, 0.2) is 29.0 Å². The third-order valence-electron chi connectivity index (χ3n) is 7.47. The minimum Gasteiger partial charge on any atom is -0.541 e. The molecule has 0 spiro atoms. The lowest BCUT2D eigenvalue weighted by molar-refractivity contribution is 0.407. The van der Waals surface area contributed by atoms with Gasteiger partial charge in [-0.05, 0) is 17.6 Å². The van der Waals surface area contributed by atoms with Gasteiger partial charge in [0.25, 0.3) is 8.32 Å². The maximum atomic E-state index is 15.2. The Balaban J connectivity index is 2.49. The highest BCUT2D eigenvalue weighted by atomic mass is 28.4. The first-order valence-electron chi connectivity index (χ1n) is 13.9. The molecule has 0 amide bonds. The summed E-state index contributed by atoms with van der Waals surface area (Å²) in [6.45, 7) is 8.16. The van der Waals surface area contributed by atoms with Gasteiger partial charge >= 0.3 is 0 Å². The molecular weight excluding hydrogens is 506 g/mol. The third-order valence-corrected chi connectivity index (χ3v) is 12.6. The van der Waals surface area contributed by atoms with Crippen molar-refractivity contribution in [3.63, 3.8) is 0 Å². The molecule has 2 aromatic rings. The van der Waals surface area contributed by atoms with E-state index in [1.165, 1.54) is 0 Å². The van der Waals surface area contributed by atoms with Gasteiger partial charge in [0.1, 0.15) is 5.82 Å². The lowest BCUT2D eigenvalue weighted by Gasteiger charge is -2.36. The van der Waals surface area contributed by atoms with Crippen molar-refractivity contribution in [2.45, 2.75) is 122 Å². The van der Waals surface area contributed by atoms with Crippen molar-refractivity contribution < 1.29 is 30.8 Å². The lowest BCUT2D eigenvalue weighted by atomic mass is 10.1. The summed E-state index contributed by atoms with van der Waals surface area (Å²) in [5, 5.41) is -2.13. The van der Waals surface area contributed by atoms with Crippen LogP contribution in [0, 0.1) is 34.9 Å². The summed E-state index contributed by atoms with van der Waals surface area (Å²) in [6, 6.07) is 1.37. The van der Waals surface area contributed by atoms with E-state index in [4.69, 9.17) is 4.43 Å². The fourth-order valence-electron chi connectivity index (χ4n) is 5.07. The predicted octanol–water partition coefficient (Wildman–Crippen LogP) is 11.1. The van der Waals surface area contributed by atoms with Crippen LogP contribution in [0.25, 0.3) is 10.8 Å². The molecule has 210 valence electrons. The molecule has 0 heterocycles. The topological polar surface area (TPSA) is 9.23 Å². The Kier molecular flexibility index (Phi) is 12.8. The SMILES string of the molecule is CCCCCCCC[Si](CCCCCCCC)(Oc1c(F)c(F)c(F)c2c(F)cc(F)c(F)c12)C(C)C. The van der Waals surface area contributed by atoms with E-state index in [-0.39, 0.29) is 11.6 Å². The van der Waals surface area contributed by atoms with Crippen LogP contribution in [0.5, 0.6) is 5.75 Å². The average molecular weight is 549 g/mol. The Morgan fingerprint density at radius 2 is 1.08 bits per heavy atom. The molecule has 2 rings (SSSR count). The van der Waals surface area contributed by atoms with Gasteiger partial charge in [0.2, 0.25) is 5.82 Å². The van der Waals surface area contributed by atoms with Crippen LogP contribution in [0.3, 0.4) is 0 Å². The van der Waals surface area contributed by atoms with E-state index in [1.807, 2.05) is 13.8 Å². The van der Waals surface area contributed by atoms with E-state index in [0.717, 1.165) is 77.0 Å². The monoisotopic (exact) mass is 548 g/mol. The Morgan fingerprint density at radius 3 is 1.57 bits per heavy atom. The van der Waals surface area contributed by atoms with Crippen molar-refractivity contribution >= 4 is 19.1 Å². The van der Waals surface area contributed by atoms with Crippen LogP contribution in [0.15, 0.2) is 6.07 Å². The summed E-state index contributed by atoms with van der Waals surface area (Å²) in [4.78, 5) is 0. The largest absolute Gasteiger partial charge is 0.541 e. The molecule has 0 unspecified atom stereocenters. The van der Waals surface area contributed by atoms with Crippen molar-refractivity contribution in [3.05, 3.63) is 41.0 Å². The van der Waals surface area contributed by atoms with Gasteiger partial charge in [-0.3, -0.25) is 0 Å². The fourth-order valence-corrected chi connectivity index (χ4v) is 9.21. The van der Waals surface area contributed by atoms with Crippen LogP contribution >= 0.6 is 0 Å². The first-order valence-corrected chi connectivity index (χ1v) is 16.3. The van der Waals surface area contributed by atoms with Crippen LogP contribution in [0.1, 0.15) is 105 Å². The van der Waals surface area contributed by atoms with Crippen LogP contribution in [-0.2, 0) is 0 Å². The van der Waals surface area contributed by atoms with Crippen LogP contribution in [0.4, 0.5) is 26.3 Å². The Bertz CT molecular complexity index is 994. The number of halogens is 6. The average Bonchev–Trinajstić information content (AvgIpc) is 2.86. The van der Waals surface area contributed by atoms with Crippen LogP contribution in [0.2, 0.25) is 17.6 Å². The van der Waals surface area contributed by atoms with Crippen LogP contribution in [-0.4, -0.2) is 8.32 Å². The number of fused-ring (bicyclic) bond motifs is 1. The highest BCUT2D eigenvalue weighted by molar-refractivity contribution is 6.75. The molecule has 0 aromatic heterocycles. The van der Waals surface area contributed by atoms with Crippen molar-refractivity contribution in [2.75, 3.05) is 0 Å². The van der Waals surface area contributed by atoms with Gasteiger partial charge < -0.3 is 4.43 Å². The zero-order chi connectivity index (χ0) is 27.6. The van der Waals surface area contributed by atoms with Crippen molar-refractivity contribution in [1.29, 1.82) is 0 Å². The van der Waals surface area contributed by atoms with E-state index in [1.54, 1.807) is 0 Å². The van der Waals surface area contributed by atoms with Crippen LogP contribution < -0.4 is 4.43 Å². The first-order chi connectivity index (χ1) is 17.6. The minimum absolute atomic E-state index is 0.0668. The molecular formula is C29H42F6OSi. The predicted molar refractivity (Wildman–Crippen MR) is 142 cm³/mol. The Morgan fingerprint density at radius 1 is 0.595 bits per heavy atom. The lowest BCUT2D eigenvalue weighted by Crippen LogP contribution is -2.45. The molecule has 0 N–H and O–H groups in total. The molecule has 0 saturated carbocycles. The zero-order valence-electron chi connectivity index (χ0n) is 22.7. The number of hydrogen-bond acceptors (Lipinski definition) is 1. The highest BCUT2D eigenvalue weighted by Crippen LogP contribution is 2.43. The maximum absolute atomic E-state index is 15.2. The number of unbranched alkanes of at least 4 members (excludes halogenated alkanes) is 10. The number of benzene rings is 2. The first kappa shape index (κ1) is 31.5. The molecule has 0 aliphatic heterocycles. The maximum Gasteiger partial charge on any atom is 0.253 e. The second kappa shape index (κ2) is 15.0. The highest BCUT2D eigenvalue weighted by Gasteiger charge is 2.42.